The van der Waals surface area contributed by atoms with Crippen LogP contribution in [0.15, 0.2) is 11.6 Å². The van der Waals surface area contributed by atoms with Gasteiger partial charge in [-0.05, 0) is 0 Å². The van der Waals surface area contributed by atoms with Gasteiger partial charge in [-0.25, -0.2) is 17.6 Å². The molecule has 134 valence electrons. The zero-order valence-electron chi connectivity index (χ0n) is 10.4. The zero-order valence-corrected chi connectivity index (χ0v) is 10.4. The third kappa shape index (κ3) is 1.99. The number of alkyl halides is 6. The van der Waals surface area contributed by atoms with E-state index in [2.05, 4.69) is 4.74 Å². The second kappa shape index (κ2) is 4.96. The Morgan fingerprint density at radius 2 is 0.917 bits per heavy atom. The average Bonchev–Trinajstić information content (AvgIpc) is 2.57. The molecule has 0 heterocycles. The van der Waals surface area contributed by atoms with E-state index in [9.17, 15) is 52.7 Å². The van der Waals surface area contributed by atoms with E-state index in [1.165, 1.54) is 0 Å². The Morgan fingerprint density at radius 1 is 0.542 bits per heavy atom. The number of rotatable bonds is 2. The molecule has 1 aromatic rings. The average molecular weight is 376 g/mol. The Bertz CT molecular complexity index is 721. The minimum atomic E-state index is -6.41. The highest BCUT2D eigenvalue weighted by molar-refractivity contribution is 5.38. The predicted molar refractivity (Wildman–Crippen MR) is 49.8 cm³/mol. The summed E-state index contributed by atoms with van der Waals surface area (Å²) in [5, 5.41) is 0. The Labute approximate surface area is 123 Å². The minimum absolute atomic E-state index is 2.65. The summed E-state index contributed by atoms with van der Waals surface area (Å²) in [6.45, 7) is 0. The smallest absolute Gasteiger partial charge is 0.386 e. The van der Waals surface area contributed by atoms with Crippen LogP contribution < -0.4 is 4.74 Å². The molecule has 0 fully saturated rings. The summed E-state index contributed by atoms with van der Waals surface area (Å²) in [4.78, 5) is 0. The first kappa shape index (κ1) is 18.3. The Hall–Kier alpha value is -2.08. The second-order valence-electron chi connectivity index (χ2n) is 4.37. The first-order chi connectivity index (χ1) is 10.7. The molecular formula is C11F12O. The quantitative estimate of drug-likeness (QED) is 0.407. The molecule has 0 saturated heterocycles. The van der Waals surface area contributed by atoms with E-state index in [0.29, 0.717) is 0 Å². The van der Waals surface area contributed by atoms with Crippen molar-refractivity contribution >= 4 is 0 Å². The molecule has 1 nitrogen and oxygen atoms in total. The summed E-state index contributed by atoms with van der Waals surface area (Å²) in [6.07, 6.45) is 0. The molecule has 0 N–H and O–H groups in total. The number of hydrogen-bond donors (Lipinski definition) is 0. The summed E-state index contributed by atoms with van der Waals surface area (Å²) < 4.78 is 159. The summed E-state index contributed by atoms with van der Waals surface area (Å²) in [7, 11) is 0. The topological polar surface area (TPSA) is 9.23 Å². The molecule has 0 aromatic heterocycles. The lowest BCUT2D eigenvalue weighted by Gasteiger charge is -2.24. The summed E-state index contributed by atoms with van der Waals surface area (Å²) in [6, 6.07) is 0. The Balaban J connectivity index is 2.67. The van der Waals surface area contributed by atoms with Gasteiger partial charge in [0.2, 0.25) is 46.4 Å². The molecule has 0 spiro atoms. The fourth-order valence-corrected chi connectivity index (χ4v) is 1.64. The predicted octanol–water partition coefficient (Wildman–Crippen LogP) is 4.86. The summed E-state index contributed by atoms with van der Waals surface area (Å²) in [5.41, 5.74) is 0. The van der Waals surface area contributed by atoms with Crippen molar-refractivity contribution in [3.05, 3.63) is 40.7 Å². The molecule has 0 aliphatic heterocycles. The van der Waals surface area contributed by atoms with Crippen molar-refractivity contribution < 1.29 is 57.4 Å². The van der Waals surface area contributed by atoms with Crippen LogP contribution in [0.5, 0.6) is 5.75 Å². The first-order valence-corrected chi connectivity index (χ1v) is 5.43. The van der Waals surface area contributed by atoms with Crippen molar-refractivity contribution in [3.8, 4) is 5.75 Å². The van der Waals surface area contributed by atoms with Crippen molar-refractivity contribution in [2.75, 3.05) is 0 Å². The third-order valence-corrected chi connectivity index (χ3v) is 2.92. The Morgan fingerprint density at radius 3 is 1.25 bits per heavy atom. The van der Waals surface area contributed by atoms with Crippen LogP contribution in [0, 0.1) is 29.1 Å². The van der Waals surface area contributed by atoms with Crippen LogP contribution in [0.1, 0.15) is 0 Å². The van der Waals surface area contributed by atoms with Crippen molar-refractivity contribution in [1.29, 1.82) is 0 Å². The van der Waals surface area contributed by atoms with Gasteiger partial charge in [-0.2, -0.15) is 35.1 Å². The molecular weight excluding hydrogens is 376 g/mol. The maximum absolute atomic E-state index is 13.2. The van der Waals surface area contributed by atoms with Gasteiger partial charge in [0.05, 0.1) is 0 Å². The second-order valence-corrected chi connectivity index (χ2v) is 4.37. The highest BCUT2D eigenvalue weighted by atomic mass is 19.3. The zero-order chi connectivity index (χ0) is 18.8. The van der Waals surface area contributed by atoms with Gasteiger partial charge in [0.25, 0.3) is 0 Å². The van der Waals surface area contributed by atoms with Crippen LogP contribution in [0.25, 0.3) is 0 Å². The van der Waals surface area contributed by atoms with Gasteiger partial charge in [0, 0.05) is 0 Å². The van der Waals surface area contributed by atoms with Gasteiger partial charge in [0.15, 0.2) is 0 Å². The molecule has 1 aliphatic carbocycles. The highest BCUT2D eigenvalue weighted by Crippen LogP contribution is 2.59. The van der Waals surface area contributed by atoms with Crippen molar-refractivity contribution in [1.82, 2.24) is 0 Å². The van der Waals surface area contributed by atoms with E-state index < -0.39 is 64.2 Å². The summed E-state index contributed by atoms with van der Waals surface area (Å²) >= 11 is 0. The van der Waals surface area contributed by atoms with Crippen LogP contribution in [-0.4, -0.2) is 17.8 Å². The monoisotopic (exact) mass is 376 g/mol. The summed E-state index contributed by atoms with van der Waals surface area (Å²) in [5.74, 6) is -42.5. The lowest BCUT2D eigenvalue weighted by atomic mass is 10.1. The molecule has 13 heteroatoms. The van der Waals surface area contributed by atoms with E-state index in [1.807, 2.05) is 0 Å². The van der Waals surface area contributed by atoms with E-state index in [1.54, 1.807) is 0 Å². The van der Waals surface area contributed by atoms with Gasteiger partial charge in [-0.3, -0.25) is 0 Å². The van der Waals surface area contributed by atoms with Gasteiger partial charge >= 0.3 is 17.8 Å². The largest absolute Gasteiger partial charge is 0.446 e. The van der Waals surface area contributed by atoms with E-state index in [0.717, 1.165) is 0 Å². The number of allylic oxidation sites excluding steroid dienone is 2. The lowest BCUT2D eigenvalue weighted by Crippen LogP contribution is -2.49. The molecule has 2 rings (SSSR count). The van der Waals surface area contributed by atoms with Crippen LogP contribution in [-0.2, 0) is 0 Å². The maximum Gasteiger partial charge on any atom is 0.386 e. The molecule has 0 bridgehead atoms. The number of ether oxygens (including phenoxy) is 1. The third-order valence-electron chi connectivity index (χ3n) is 2.92. The highest BCUT2D eigenvalue weighted by Gasteiger charge is 2.83. The van der Waals surface area contributed by atoms with E-state index in [-0.39, 0.29) is 0 Å². The van der Waals surface area contributed by atoms with Gasteiger partial charge in [0.1, 0.15) is 0 Å². The van der Waals surface area contributed by atoms with E-state index in [4.69, 9.17) is 0 Å². The minimum Gasteiger partial charge on any atom is -0.446 e. The molecule has 1 aliphatic rings. The number of halogens is 12. The number of hydrogen-bond acceptors (Lipinski definition) is 1. The maximum atomic E-state index is 13.2. The normalized spacial score (nSPS) is 21.3. The molecule has 0 amide bonds. The first-order valence-electron chi connectivity index (χ1n) is 5.43. The van der Waals surface area contributed by atoms with Crippen LogP contribution in [0.2, 0.25) is 0 Å². The standard InChI is InChI=1S/C11F12O/c12-1-2(13)4(15)6(5(16)3(1)14)24-8-7(17)9(18,19)11(22,23)10(8,20)21. The number of benzene rings is 1. The van der Waals surface area contributed by atoms with Crippen LogP contribution in [0.3, 0.4) is 0 Å². The molecule has 1 aromatic carbocycles. The van der Waals surface area contributed by atoms with Crippen molar-refractivity contribution in [2.45, 2.75) is 17.8 Å². The molecule has 24 heavy (non-hydrogen) atoms. The van der Waals surface area contributed by atoms with Crippen molar-refractivity contribution in [2.24, 2.45) is 0 Å². The van der Waals surface area contributed by atoms with Gasteiger partial charge in [-0.1, -0.05) is 0 Å². The molecule has 0 radical (unpaired) electrons. The van der Waals surface area contributed by atoms with Crippen molar-refractivity contribution in [3.63, 3.8) is 0 Å². The van der Waals surface area contributed by atoms with E-state index >= 15 is 0 Å². The fraction of sp³-hybridized carbons (Fsp3) is 0.273. The Kier molecular flexibility index (Phi) is 3.77. The van der Waals surface area contributed by atoms with Gasteiger partial charge in [-0.15, -0.1) is 0 Å². The SMILES string of the molecule is FC1=C(Oc2c(F)c(F)c(F)c(F)c2F)C(F)(F)C(F)(F)C1(F)F. The van der Waals surface area contributed by atoms with Gasteiger partial charge < -0.3 is 4.74 Å². The molecule has 0 unspecified atom stereocenters. The van der Waals surface area contributed by atoms with Crippen LogP contribution in [0.4, 0.5) is 52.7 Å². The lowest BCUT2D eigenvalue weighted by molar-refractivity contribution is -0.272. The molecule has 0 saturated carbocycles. The molecule has 0 atom stereocenters. The van der Waals surface area contributed by atoms with Crippen LogP contribution >= 0.6 is 0 Å². The fourth-order valence-electron chi connectivity index (χ4n) is 1.64.